The van der Waals surface area contributed by atoms with Crippen molar-refractivity contribution in [3.05, 3.63) is 69.6 Å². The lowest BCUT2D eigenvalue weighted by molar-refractivity contribution is -0.132. The van der Waals surface area contributed by atoms with Gasteiger partial charge in [-0.1, -0.05) is 25.3 Å². The normalized spacial score (nSPS) is 14.3. The minimum atomic E-state index is -0.589. The Morgan fingerprint density at radius 3 is 2.62 bits per heavy atom. The first kappa shape index (κ1) is 24.0. The van der Waals surface area contributed by atoms with Crippen LogP contribution >= 0.6 is 11.3 Å². The highest BCUT2D eigenvalue weighted by Crippen LogP contribution is 2.27. The third kappa shape index (κ3) is 5.67. The van der Waals surface area contributed by atoms with Crippen LogP contribution in [0.15, 0.2) is 46.4 Å². The smallest absolute Gasteiger partial charge is 0.250 e. The van der Waals surface area contributed by atoms with Gasteiger partial charge in [-0.25, -0.2) is 0 Å². The van der Waals surface area contributed by atoms with Gasteiger partial charge in [0.25, 0.3) is 5.91 Å². The fraction of sp³-hybridized carbons (Fsp3) is 0.423. The number of Topliss-reactive ketones (excluding diaryl/α,β-unsaturated/α-hetero) is 1. The zero-order valence-electron chi connectivity index (χ0n) is 19.5. The van der Waals surface area contributed by atoms with E-state index >= 15 is 0 Å². The van der Waals surface area contributed by atoms with Crippen molar-refractivity contribution in [3.8, 4) is 0 Å². The van der Waals surface area contributed by atoms with Gasteiger partial charge >= 0.3 is 0 Å². The number of carbonyl (C=O) groups excluding carboxylic acids is 3. The van der Waals surface area contributed by atoms with Crippen LogP contribution in [0.25, 0.3) is 0 Å². The van der Waals surface area contributed by atoms with E-state index in [1.807, 2.05) is 23.6 Å². The molecule has 34 heavy (non-hydrogen) atoms. The maximum Gasteiger partial charge on any atom is 0.250 e. The number of furan rings is 1. The lowest BCUT2D eigenvalue weighted by Gasteiger charge is -2.26. The van der Waals surface area contributed by atoms with Gasteiger partial charge in [-0.3, -0.25) is 14.4 Å². The Morgan fingerprint density at radius 1 is 1.18 bits per heavy atom. The summed E-state index contributed by atoms with van der Waals surface area (Å²) in [5.74, 6) is 0.232. The van der Waals surface area contributed by atoms with Gasteiger partial charge < -0.3 is 19.6 Å². The monoisotopic (exact) mass is 481 g/mol. The van der Waals surface area contributed by atoms with Gasteiger partial charge in [0.1, 0.15) is 5.76 Å². The minimum absolute atomic E-state index is 0.00429. The number of hydrogen-bond acceptors (Lipinski definition) is 5. The number of nitrogens with two attached hydrogens (primary N) is 1. The van der Waals surface area contributed by atoms with Crippen LogP contribution in [0.4, 0.5) is 0 Å². The number of amides is 2. The number of aromatic nitrogens is 1. The van der Waals surface area contributed by atoms with Gasteiger partial charge in [-0.2, -0.15) is 0 Å². The number of thiophene rings is 1. The van der Waals surface area contributed by atoms with Crippen molar-refractivity contribution >= 4 is 28.9 Å². The van der Waals surface area contributed by atoms with Crippen molar-refractivity contribution in [3.63, 3.8) is 0 Å². The van der Waals surface area contributed by atoms with Crippen LogP contribution in [-0.2, 0) is 17.9 Å². The van der Waals surface area contributed by atoms with E-state index in [0.29, 0.717) is 48.1 Å². The van der Waals surface area contributed by atoms with Crippen LogP contribution in [-0.4, -0.2) is 33.6 Å². The Kier molecular flexibility index (Phi) is 7.67. The summed E-state index contributed by atoms with van der Waals surface area (Å²) >= 11 is 1.57. The lowest BCUT2D eigenvalue weighted by Crippen LogP contribution is -2.37. The van der Waals surface area contributed by atoms with E-state index in [-0.39, 0.29) is 18.2 Å². The van der Waals surface area contributed by atoms with Gasteiger partial charge in [-0.05, 0) is 55.3 Å². The first-order chi connectivity index (χ1) is 16.4. The molecule has 1 aliphatic carbocycles. The summed E-state index contributed by atoms with van der Waals surface area (Å²) in [6.45, 7) is 2.41. The summed E-state index contributed by atoms with van der Waals surface area (Å²) in [6.07, 6.45) is 7.74. The molecule has 2 amide bonds. The second kappa shape index (κ2) is 10.9. The standard InChI is InChI=1S/C26H31N3O4S/c1-18-22(26(27)32)14-23(29(18)15-20-9-5-11-33-20)24(30)17-28(16-21-10-6-12-34-21)25(31)13-19-7-3-2-4-8-19/h5-6,9-12,14,19H,2-4,7-8,13,15-17H2,1H3,(H2,27,32). The van der Waals surface area contributed by atoms with Crippen LogP contribution in [0.1, 0.15) is 75.7 Å². The number of hydrogen-bond donors (Lipinski definition) is 1. The van der Waals surface area contributed by atoms with Gasteiger partial charge in [0, 0.05) is 17.0 Å². The molecule has 3 aromatic heterocycles. The molecule has 1 aliphatic rings. The van der Waals surface area contributed by atoms with Crippen LogP contribution in [0.3, 0.4) is 0 Å². The number of rotatable bonds is 10. The van der Waals surface area contributed by atoms with Crippen molar-refractivity contribution in [1.29, 1.82) is 0 Å². The summed E-state index contributed by atoms with van der Waals surface area (Å²) in [7, 11) is 0. The molecule has 0 spiro atoms. The molecule has 7 nitrogen and oxygen atoms in total. The van der Waals surface area contributed by atoms with E-state index in [0.717, 1.165) is 30.6 Å². The quantitative estimate of drug-likeness (QED) is 0.421. The summed E-state index contributed by atoms with van der Waals surface area (Å²) < 4.78 is 7.21. The summed E-state index contributed by atoms with van der Waals surface area (Å²) in [5, 5.41) is 1.97. The molecular formula is C26H31N3O4S. The molecule has 0 aromatic carbocycles. The van der Waals surface area contributed by atoms with Crippen LogP contribution in [0.5, 0.6) is 0 Å². The van der Waals surface area contributed by atoms with E-state index in [4.69, 9.17) is 10.2 Å². The van der Waals surface area contributed by atoms with Gasteiger partial charge in [0.15, 0.2) is 5.78 Å². The van der Waals surface area contributed by atoms with Crippen molar-refractivity contribution in [2.45, 2.75) is 58.5 Å². The first-order valence-electron chi connectivity index (χ1n) is 11.8. The van der Waals surface area contributed by atoms with Gasteiger partial charge in [0.05, 0.1) is 37.2 Å². The third-order valence-electron chi connectivity index (χ3n) is 6.61. The molecule has 0 unspecified atom stereocenters. The van der Waals surface area contributed by atoms with E-state index in [1.54, 1.807) is 40.1 Å². The fourth-order valence-electron chi connectivity index (χ4n) is 4.73. The van der Waals surface area contributed by atoms with E-state index in [2.05, 4.69) is 0 Å². The number of carbonyl (C=O) groups is 3. The molecule has 3 heterocycles. The maximum atomic E-state index is 13.5. The average molecular weight is 482 g/mol. The van der Waals surface area contributed by atoms with Crippen molar-refractivity contribution < 1.29 is 18.8 Å². The van der Waals surface area contributed by atoms with Gasteiger partial charge in [0.2, 0.25) is 5.91 Å². The fourth-order valence-corrected chi connectivity index (χ4v) is 5.45. The maximum absolute atomic E-state index is 13.5. The molecule has 8 heteroatoms. The largest absolute Gasteiger partial charge is 0.467 e. The second-order valence-electron chi connectivity index (χ2n) is 9.02. The molecule has 180 valence electrons. The minimum Gasteiger partial charge on any atom is -0.467 e. The molecule has 0 atom stereocenters. The predicted molar refractivity (Wildman–Crippen MR) is 131 cm³/mol. The Labute approximate surface area is 203 Å². The predicted octanol–water partition coefficient (Wildman–Crippen LogP) is 4.78. The van der Waals surface area contributed by atoms with E-state index in [1.165, 1.54) is 12.5 Å². The Morgan fingerprint density at radius 2 is 1.97 bits per heavy atom. The molecule has 0 aliphatic heterocycles. The molecule has 1 saturated carbocycles. The zero-order valence-corrected chi connectivity index (χ0v) is 20.3. The topological polar surface area (TPSA) is 98.5 Å². The number of ketones is 1. The molecule has 0 bridgehead atoms. The molecule has 2 N–H and O–H groups in total. The molecule has 0 saturated heterocycles. The molecular weight excluding hydrogens is 450 g/mol. The molecule has 1 fully saturated rings. The molecule has 0 radical (unpaired) electrons. The zero-order chi connectivity index (χ0) is 24.1. The lowest BCUT2D eigenvalue weighted by atomic mass is 9.86. The van der Waals surface area contributed by atoms with E-state index in [9.17, 15) is 14.4 Å². The van der Waals surface area contributed by atoms with Crippen molar-refractivity contribution in [2.75, 3.05) is 6.54 Å². The van der Waals surface area contributed by atoms with Gasteiger partial charge in [-0.15, -0.1) is 11.3 Å². The summed E-state index contributed by atoms with van der Waals surface area (Å²) in [6, 6.07) is 9.05. The van der Waals surface area contributed by atoms with Crippen LogP contribution in [0, 0.1) is 12.8 Å². The third-order valence-corrected chi connectivity index (χ3v) is 7.47. The highest BCUT2D eigenvalue weighted by atomic mass is 32.1. The van der Waals surface area contributed by atoms with E-state index < -0.39 is 5.91 Å². The molecule has 4 rings (SSSR count). The van der Waals surface area contributed by atoms with Crippen LogP contribution in [0.2, 0.25) is 0 Å². The Balaban J connectivity index is 1.58. The molecule has 3 aromatic rings. The van der Waals surface area contributed by atoms with Crippen molar-refractivity contribution in [1.82, 2.24) is 9.47 Å². The highest BCUT2D eigenvalue weighted by molar-refractivity contribution is 7.09. The Bertz CT molecular complexity index is 1130. The number of primary amides is 1. The van der Waals surface area contributed by atoms with Crippen molar-refractivity contribution in [2.24, 2.45) is 11.7 Å². The summed E-state index contributed by atoms with van der Waals surface area (Å²) in [4.78, 5) is 41.5. The summed E-state index contributed by atoms with van der Waals surface area (Å²) in [5.41, 5.74) is 6.82. The Hall–Kier alpha value is -3.13. The second-order valence-corrected chi connectivity index (χ2v) is 10.1. The average Bonchev–Trinajstić information content (AvgIpc) is 3.57. The van der Waals surface area contributed by atoms with Crippen LogP contribution < -0.4 is 5.73 Å². The highest BCUT2D eigenvalue weighted by Gasteiger charge is 2.26. The number of nitrogens with zero attached hydrogens (tertiary/aromatic N) is 2. The first-order valence-corrected chi connectivity index (χ1v) is 12.7. The SMILES string of the molecule is Cc1c(C(N)=O)cc(C(=O)CN(Cc2cccs2)C(=O)CC2CCCCC2)n1Cc1ccco1.